The Bertz CT molecular complexity index is 532. The summed E-state index contributed by atoms with van der Waals surface area (Å²) in [7, 11) is 0. The molecule has 0 spiro atoms. The SMILES string of the molecule is CC1(C)[C@H]2CC[C@@]1(C)c1nc(N)[nH]c(=O)c12. The number of nitrogens with zero attached hydrogens (tertiary/aromatic N) is 1. The van der Waals surface area contributed by atoms with E-state index in [1.54, 1.807) is 0 Å². The maximum absolute atomic E-state index is 12.0. The summed E-state index contributed by atoms with van der Waals surface area (Å²) >= 11 is 0. The molecule has 1 aromatic rings. The highest BCUT2D eigenvalue weighted by molar-refractivity contribution is 5.45. The van der Waals surface area contributed by atoms with E-state index < -0.39 is 0 Å². The van der Waals surface area contributed by atoms with Crippen molar-refractivity contribution < 1.29 is 0 Å². The zero-order chi connectivity index (χ0) is 11.7. The predicted molar refractivity (Wildman–Crippen MR) is 62.4 cm³/mol. The molecule has 4 nitrogen and oxygen atoms in total. The minimum atomic E-state index is -0.0380. The minimum absolute atomic E-state index is 0.00931. The van der Waals surface area contributed by atoms with Crippen LogP contribution in [0.5, 0.6) is 0 Å². The molecule has 0 saturated heterocycles. The van der Waals surface area contributed by atoms with Crippen LogP contribution in [0.15, 0.2) is 4.79 Å². The first-order valence-corrected chi connectivity index (χ1v) is 5.78. The molecule has 3 N–H and O–H groups in total. The first kappa shape index (κ1) is 9.87. The second kappa shape index (κ2) is 2.50. The molecule has 86 valence electrons. The number of rotatable bonds is 0. The summed E-state index contributed by atoms with van der Waals surface area (Å²) in [5.41, 5.74) is 7.55. The lowest BCUT2D eigenvalue weighted by atomic mass is 9.70. The van der Waals surface area contributed by atoms with Gasteiger partial charge in [-0.3, -0.25) is 9.78 Å². The molecule has 16 heavy (non-hydrogen) atoms. The topological polar surface area (TPSA) is 71.8 Å². The van der Waals surface area contributed by atoms with E-state index in [9.17, 15) is 4.79 Å². The highest BCUT2D eigenvalue weighted by Gasteiger charge is 2.61. The van der Waals surface area contributed by atoms with Gasteiger partial charge in [0.05, 0.1) is 5.69 Å². The van der Waals surface area contributed by atoms with Gasteiger partial charge in [-0.05, 0) is 24.2 Å². The van der Waals surface area contributed by atoms with Crippen molar-refractivity contribution in [1.29, 1.82) is 0 Å². The maximum atomic E-state index is 12.0. The van der Waals surface area contributed by atoms with Crippen LogP contribution in [-0.4, -0.2) is 9.97 Å². The van der Waals surface area contributed by atoms with Crippen molar-refractivity contribution in [2.45, 2.75) is 44.9 Å². The quantitative estimate of drug-likeness (QED) is 0.695. The van der Waals surface area contributed by atoms with Gasteiger partial charge in [-0.15, -0.1) is 0 Å². The molecular formula is C12H17N3O. The smallest absolute Gasteiger partial charge is 0.256 e. The molecule has 4 heteroatoms. The third kappa shape index (κ3) is 0.829. The number of nitrogens with two attached hydrogens (primary N) is 1. The standard InChI is InChI=1S/C12H17N3O/c1-11(2)6-4-5-12(11,3)8-7(6)9(16)15-10(13)14-8/h6H,4-5H2,1-3H3,(H3,13,14,15,16)/t6-,12-/m0/s1. The van der Waals surface area contributed by atoms with Gasteiger partial charge in [-0.2, -0.15) is 0 Å². The van der Waals surface area contributed by atoms with Gasteiger partial charge in [-0.1, -0.05) is 20.8 Å². The molecule has 1 heterocycles. The Morgan fingerprint density at radius 3 is 2.81 bits per heavy atom. The highest BCUT2D eigenvalue weighted by atomic mass is 16.1. The van der Waals surface area contributed by atoms with E-state index in [-0.39, 0.29) is 22.3 Å². The Balaban J connectivity index is 2.39. The Morgan fingerprint density at radius 2 is 2.12 bits per heavy atom. The lowest BCUT2D eigenvalue weighted by Crippen LogP contribution is -2.32. The molecule has 2 atom stereocenters. The molecule has 0 unspecified atom stereocenters. The van der Waals surface area contributed by atoms with Gasteiger partial charge in [0.1, 0.15) is 0 Å². The number of aromatic amines is 1. The first-order chi connectivity index (χ1) is 7.38. The van der Waals surface area contributed by atoms with E-state index in [1.807, 2.05) is 0 Å². The number of hydrogen-bond acceptors (Lipinski definition) is 3. The fourth-order valence-electron chi connectivity index (χ4n) is 3.67. The predicted octanol–water partition coefficient (Wildman–Crippen LogP) is 1.53. The van der Waals surface area contributed by atoms with Crippen LogP contribution >= 0.6 is 0 Å². The van der Waals surface area contributed by atoms with Crippen molar-refractivity contribution in [2.75, 3.05) is 5.73 Å². The average molecular weight is 219 g/mol. The van der Waals surface area contributed by atoms with Gasteiger partial charge in [0.15, 0.2) is 0 Å². The van der Waals surface area contributed by atoms with Crippen molar-refractivity contribution in [3.8, 4) is 0 Å². The molecule has 2 aliphatic carbocycles. The number of nitrogens with one attached hydrogen (secondary N) is 1. The van der Waals surface area contributed by atoms with Crippen LogP contribution in [0.1, 0.15) is 50.8 Å². The van der Waals surface area contributed by atoms with Crippen molar-refractivity contribution in [2.24, 2.45) is 5.41 Å². The second-order valence-electron chi connectivity index (χ2n) is 5.86. The summed E-state index contributed by atoms with van der Waals surface area (Å²) < 4.78 is 0. The van der Waals surface area contributed by atoms with Gasteiger partial charge in [0.2, 0.25) is 5.95 Å². The number of nitrogen functional groups attached to an aromatic ring is 1. The lowest BCUT2D eigenvalue weighted by molar-refractivity contribution is 0.227. The molecule has 0 aliphatic heterocycles. The first-order valence-electron chi connectivity index (χ1n) is 5.78. The van der Waals surface area contributed by atoms with Crippen molar-refractivity contribution in [1.82, 2.24) is 9.97 Å². The summed E-state index contributed by atoms with van der Waals surface area (Å²) in [5.74, 6) is 0.581. The van der Waals surface area contributed by atoms with E-state index in [4.69, 9.17) is 5.73 Å². The average Bonchev–Trinajstić information content (AvgIpc) is 2.48. The van der Waals surface area contributed by atoms with Crippen LogP contribution < -0.4 is 11.3 Å². The summed E-state index contributed by atoms with van der Waals surface area (Å²) in [6, 6.07) is 0. The van der Waals surface area contributed by atoms with Gasteiger partial charge in [-0.25, -0.2) is 4.98 Å². The molecule has 0 amide bonds. The van der Waals surface area contributed by atoms with Crippen LogP contribution in [0.25, 0.3) is 0 Å². The number of fused-ring (bicyclic) bond motifs is 5. The minimum Gasteiger partial charge on any atom is -0.369 e. The van der Waals surface area contributed by atoms with E-state index in [0.29, 0.717) is 5.92 Å². The maximum Gasteiger partial charge on any atom is 0.256 e. The summed E-state index contributed by atoms with van der Waals surface area (Å²) in [6.45, 7) is 6.69. The zero-order valence-electron chi connectivity index (χ0n) is 9.92. The molecule has 1 aromatic heterocycles. The summed E-state index contributed by atoms with van der Waals surface area (Å²) in [4.78, 5) is 19.0. The van der Waals surface area contributed by atoms with E-state index in [1.165, 1.54) is 0 Å². The van der Waals surface area contributed by atoms with Crippen molar-refractivity contribution >= 4 is 5.95 Å². The fraction of sp³-hybridized carbons (Fsp3) is 0.667. The van der Waals surface area contributed by atoms with E-state index >= 15 is 0 Å². The second-order valence-corrected chi connectivity index (χ2v) is 5.86. The van der Waals surface area contributed by atoms with Crippen LogP contribution in [0.4, 0.5) is 5.95 Å². The molecule has 1 fully saturated rings. The molecule has 0 aromatic carbocycles. The van der Waals surface area contributed by atoms with Crippen molar-refractivity contribution in [3.05, 3.63) is 21.6 Å². The molecular weight excluding hydrogens is 202 g/mol. The Morgan fingerprint density at radius 1 is 1.44 bits per heavy atom. The third-order valence-corrected chi connectivity index (χ3v) is 5.07. The lowest BCUT2D eigenvalue weighted by Gasteiger charge is -2.34. The highest BCUT2D eigenvalue weighted by Crippen LogP contribution is 2.66. The summed E-state index contributed by atoms with van der Waals surface area (Å²) in [5, 5.41) is 0. The number of H-pyrrole nitrogens is 1. The zero-order valence-corrected chi connectivity index (χ0v) is 9.92. The molecule has 0 radical (unpaired) electrons. The monoisotopic (exact) mass is 219 g/mol. The van der Waals surface area contributed by atoms with Gasteiger partial charge < -0.3 is 5.73 Å². The van der Waals surface area contributed by atoms with E-state index in [2.05, 4.69) is 30.7 Å². The number of anilines is 1. The Kier molecular flexibility index (Phi) is 1.54. The molecule has 1 saturated carbocycles. The molecule has 2 aliphatic rings. The van der Waals surface area contributed by atoms with E-state index in [0.717, 1.165) is 24.1 Å². The number of hydrogen-bond donors (Lipinski definition) is 2. The van der Waals surface area contributed by atoms with Crippen LogP contribution in [0.2, 0.25) is 0 Å². The summed E-state index contributed by atoms with van der Waals surface area (Å²) in [6.07, 6.45) is 2.19. The van der Waals surface area contributed by atoms with Gasteiger partial charge >= 0.3 is 0 Å². The third-order valence-electron chi connectivity index (χ3n) is 5.07. The van der Waals surface area contributed by atoms with Crippen LogP contribution in [0.3, 0.4) is 0 Å². The fourth-order valence-corrected chi connectivity index (χ4v) is 3.67. The van der Waals surface area contributed by atoms with Crippen LogP contribution in [-0.2, 0) is 5.41 Å². The van der Waals surface area contributed by atoms with Gasteiger partial charge in [0.25, 0.3) is 5.56 Å². The van der Waals surface area contributed by atoms with Gasteiger partial charge in [0, 0.05) is 11.0 Å². The largest absolute Gasteiger partial charge is 0.369 e. The number of aromatic nitrogens is 2. The Hall–Kier alpha value is -1.32. The normalized spacial score (nSPS) is 34.1. The van der Waals surface area contributed by atoms with Crippen molar-refractivity contribution in [3.63, 3.8) is 0 Å². The van der Waals surface area contributed by atoms with Crippen LogP contribution in [0, 0.1) is 5.41 Å². The molecule has 2 bridgehead atoms. The molecule has 3 rings (SSSR count). The Labute approximate surface area is 94.3 Å².